The van der Waals surface area contributed by atoms with Crippen LogP contribution in [0.25, 0.3) is 0 Å². The summed E-state index contributed by atoms with van der Waals surface area (Å²) in [6.07, 6.45) is -2.98. The van der Waals surface area contributed by atoms with E-state index in [4.69, 9.17) is 5.11 Å². The van der Waals surface area contributed by atoms with Crippen LogP contribution in [0.5, 0.6) is 5.75 Å². The third kappa shape index (κ3) is 6.78. The summed E-state index contributed by atoms with van der Waals surface area (Å²) in [5.74, 6) is -0.482. The van der Waals surface area contributed by atoms with E-state index in [0.717, 1.165) is 24.3 Å². The molecule has 1 aromatic carbocycles. The van der Waals surface area contributed by atoms with Gasteiger partial charge in [-0.3, -0.25) is 0 Å². The van der Waals surface area contributed by atoms with Gasteiger partial charge in [-0.1, -0.05) is 0 Å². The number of rotatable bonds is 8. The molecule has 0 amide bonds. The third-order valence-corrected chi connectivity index (χ3v) is 3.97. The first kappa shape index (κ1) is 17.7. The lowest BCUT2D eigenvalue weighted by Gasteiger charge is -2.10. The average molecular weight is 327 g/mol. The third-order valence-electron chi connectivity index (χ3n) is 2.49. The number of aliphatic hydroxyl groups excluding tert-OH is 1. The first-order chi connectivity index (χ1) is 9.74. The Morgan fingerprint density at radius 2 is 1.71 bits per heavy atom. The van der Waals surface area contributed by atoms with E-state index in [2.05, 4.69) is 9.46 Å². The second-order valence-corrected chi connectivity index (χ2v) is 5.97. The Labute approximate surface area is 120 Å². The number of halogens is 3. The molecule has 1 rings (SSSR count). The minimum absolute atomic E-state index is 0.0490. The van der Waals surface area contributed by atoms with Crippen molar-refractivity contribution in [3.05, 3.63) is 24.3 Å². The zero-order valence-electron chi connectivity index (χ0n) is 11.1. The van der Waals surface area contributed by atoms with Crippen molar-refractivity contribution in [2.24, 2.45) is 0 Å². The van der Waals surface area contributed by atoms with Gasteiger partial charge < -0.3 is 9.84 Å². The Morgan fingerprint density at radius 1 is 1.10 bits per heavy atom. The molecule has 0 saturated carbocycles. The SMILES string of the molecule is O=S(=O)(NCCCCCO)c1ccc(OC(F)(F)F)cc1. The first-order valence-electron chi connectivity index (χ1n) is 6.21. The summed E-state index contributed by atoms with van der Waals surface area (Å²) >= 11 is 0. The predicted octanol–water partition coefficient (Wildman–Crippen LogP) is 2.03. The average Bonchev–Trinajstić information content (AvgIpc) is 2.37. The molecule has 0 saturated heterocycles. The monoisotopic (exact) mass is 327 g/mol. The fourth-order valence-electron chi connectivity index (χ4n) is 1.52. The molecule has 0 aromatic heterocycles. The Morgan fingerprint density at radius 3 is 2.24 bits per heavy atom. The van der Waals surface area contributed by atoms with Crippen LogP contribution in [0.1, 0.15) is 19.3 Å². The van der Waals surface area contributed by atoms with Crippen LogP contribution < -0.4 is 9.46 Å². The summed E-state index contributed by atoms with van der Waals surface area (Å²) in [4.78, 5) is -0.140. The van der Waals surface area contributed by atoms with Crippen LogP contribution in [0.2, 0.25) is 0 Å². The Kier molecular flexibility index (Phi) is 6.43. The van der Waals surface area contributed by atoms with Crippen LogP contribution in [-0.4, -0.2) is 33.0 Å². The highest BCUT2D eigenvalue weighted by atomic mass is 32.2. The number of ether oxygens (including phenoxy) is 1. The van der Waals surface area contributed by atoms with Crippen molar-refractivity contribution in [3.8, 4) is 5.75 Å². The Balaban J connectivity index is 2.59. The maximum absolute atomic E-state index is 12.0. The van der Waals surface area contributed by atoms with E-state index in [-0.39, 0.29) is 18.0 Å². The van der Waals surface area contributed by atoms with Gasteiger partial charge in [0.25, 0.3) is 0 Å². The normalized spacial score (nSPS) is 12.4. The van der Waals surface area contributed by atoms with Gasteiger partial charge in [-0.05, 0) is 43.5 Å². The molecule has 2 N–H and O–H groups in total. The highest BCUT2D eigenvalue weighted by Crippen LogP contribution is 2.23. The minimum Gasteiger partial charge on any atom is -0.406 e. The molecular formula is C12H16F3NO4S. The molecule has 0 fully saturated rings. The lowest BCUT2D eigenvalue weighted by Crippen LogP contribution is -2.24. The standard InChI is InChI=1S/C12H16F3NO4S/c13-12(14,15)20-10-4-6-11(7-5-10)21(18,19)16-8-2-1-3-9-17/h4-7,16-17H,1-3,8-9H2. The maximum atomic E-state index is 12.0. The number of aliphatic hydroxyl groups is 1. The van der Waals surface area contributed by atoms with Crippen molar-refractivity contribution < 1.29 is 31.4 Å². The molecule has 9 heteroatoms. The fourth-order valence-corrected chi connectivity index (χ4v) is 2.60. The summed E-state index contributed by atoms with van der Waals surface area (Å²) in [6, 6.07) is 3.95. The molecule has 0 unspecified atom stereocenters. The van der Waals surface area contributed by atoms with Crippen molar-refractivity contribution in [1.29, 1.82) is 0 Å². The van der Waals surface area contributed by atoms with Gasteiger partial charge in [0.05, 0.1) is 4.90 Å². The van der Waals surface area contributed by atoms with Gasteiger partial charge in [0, 0.05) is 13.2 Å². The fraction of sp³-hybridized carbons (Fsp3) is 0.500. The zero-order chi connectivity index (χ0) is 15.9. The molecule has 21 heavy (non-hydrogen) atoms. The molecular weight excluding hydrogens is 311 g/mol. The highest BCUT2D eigenvalue weighted by molar-refractivity contribution is 7.89. The smallest absolute Gasteiger partial charge is 0.406 e. The summed E-state index contributed by atoms with van der Waals surface area (Å²) in [5, 5.41) is 8.58. The molecule has 120 valence electrons. The van der Waals surface area contributed by atoms with Crippen LogP contribution in [-0.2, 0) is 10.0 Å². The summed E-state index contributed by atoms with van der Waals surface area (Å²) < 4.78 is 65.6. The first-order valence-corrected chi connectivity index (χ1v) is 7.69. The minimum atomic E-state index is -4.81. The number of hydrogen-bond donors (Lipinski definition) is 2. The highest BCUT2D eigenvalue weighted by Gasteiger charge is 2.31. The van der Waals surface area contributed by atoms with Crippen LogP contribution in [0.4, 0.5) is 13.2 Å². The largest absolute Gasteiger partial charge is 0.573 e. The van der Waals surface area contributed by atoms with E-state index in [1.165, 1.54) is 0 Å². The van der Waals surface area contributed by atoms with Gasteiger partial charge in [-0.2, -0.15) is 0 Å². The molecule has 0 bridgehead atoms. The topological polar surface area (TPSA) is 75.6 Å². The van der Waals surface area contributed by atoms with Crippen LogP contribution in [0.3, 0.4) is 0 Å². The summed E-state index contributed by atoms with van der Waals surface area (Å²) in [6.45, 7) is 0.247. The second-order valence-electron chi connectivity index (χ2n) is 4.20. The number of sulfonamides is 1. The van der Waals surface area contributed by atoms with Crippen molar-refractivity contribution >= 4 is 10.0 Å². The lowest BCUT2D eigenvalue weighted by atomic mass is 10.2. The molecule has 1 aromatic rings. The number of alkyl halides is 3. The van der Waals surface area contributed by atoms with Crippen LogP contribution in [0, 0.1) is 0 Å². The Hall–Kier alpha value is -1.32. The van der Waals surface area contributed by atoms with E-state index in [1.807, 2.05) is 0 Å². The molecule has 0 aliphatic carbocycles. The number of benzene rings is 1. The molecule has 0 heterocycles. The predicted molar refractivity (Wildman–Crippen MR) is 69.3 cm³/mol. The van der Waals surface area contributed by atoms with Gasteiger partial charge in [0.1, 0.15) is 5.75 Å². The van der Waals surface area contributed by atoms with Gasteiger partial charge in [-0.15, -0.1) is 13.2 Å². The van der Waals surface area contributed by atoms with E-state index in [0.29, 0.717) is 19.3 Å². The van der Waals surface area contributed by atoms with Crippen molar-refractivity contribution in [2.45, 2.75) is 30.5 Å². The Bertz CT molecular complexity index is 528. The molecule has 0 aliphatic rings. The van der Waals surface area contributed by atoms with Crippen molar-refractivity contribution in [2.75, 3.05) is 13.2 Å². The van der Waals surface area contributed by atoms with Gasteiger partial charge in [0.2, 0.25) is 10.0 Å². The van der Waals surface area contributed by atoms with Crippen LogP contribution >= 0.6 is 0 Å². The molecule has 0 atom stereocenters. The maximum Gasteiger partial charge on any atom is 0.573 e. The number of unbranched alkanes of at least 4 members (excludes halogenated alkanes) is 2. The molecule has 5 nitrogen and oxygen atoms in total. The van der Waals surface area contributed by atoms with E-state index in [1.54, 1.807) is 0 Å². The number of nitrogens with one attached hydrogen (secondary N) is 1. The lowest BCUT2D eigenvalue weighted by molar-refractivity contribution is -0.274. The van der Waals surface area contributed by atoms with Gasteiger partial charge in [0.15, 0.2) is 0 Å². The van der Waals surface area contributed by atoms with E-state index >= 15 is 0 Å². The van der Waals surface area contributed by atoms with Gasteiger partial charge in [-0.25, -0.2) is 13.1 Å². The second kappa shape index (κ2) is 7.62. The number of hydrogen-bond acceptors (Lipinski definition) is 4. The van der Waals surface area contributed by atoms with Gasteiger partial charge >= 0.3 is 6.36 Å². The summed E-state index contributed by atoms with van der Waals surface area (Å²) in [7, 11) is -3.76. The van der Waals surface area contributed by atoms with E-state index < -0.39 is 22.1 Å². The quantitative estimate of drug-likeness (QED) is 0.716. The van der Waals surface area contributed by atoms with Crippen molar-refractivity contribution in [3.63, 3.8) is 0 Å². The molecule has 0 spiro atoms. The van der Waals surface area contributed by atoms with E-state index in [9.17, 15) is 21.6 Å². The van der Waals surface area contributed by atoms with Crippen molar-refractivity contribution in [1.82, 2.24) is 4.72 Å². The zero-order valence-corrected chi connectivity index (χ0v) is 11.9. The van der Waals surface area contributed by atoms with Crippen LogP contribution in [0.15, 0.2) is 29.2 Å². The molecule has 0 radical (unpaired) electrons. The molecule has 0 aliphatic heterocycles. The summed E-state index contributed by atoms with van der Waals surface area (Å²) in [5.41, 5.74) is 0.